The van der Waals surface area contributed by atoms with Crippen LogP contribution in [0, 0.1) is 0 Å². The average Bonchev–Trinajstić information content (AvgIpc) is 2.45. The van der Waals surface area contributed by atoms with E-state index in [0.29, 0.717) is 0 Å². The number of ketones is 1. The highest BCUT2D eigenvalue weighted by atomic mass is 16.6. The number of methoxy groups -OCH3 is 1. The van der Waals surface area contributed by atoms with Crippen molar-refractivity contribution in [3.63, 3.8) is 0 Å². The number of hydrogen-bond acceptors (Lipinski definition) is 8. The summed E-state index contributed by atoms with van der Waals surface area (Å²) in [5.41, 5.74) is 0. The number of rotatable bonds is 8. The van der Waals surface area contributed by atoms with Crippen LogP contribution in [0.25, 0.3) is 0 Å². The van der Waals surface area contributed by atoms with Crippen molar-refractivity contribution >= 4 is 23.7 Å². The molecule has 0 aliphatic rings. The molecule has 0 rings (SSSR count). The van der Waals surface area contributed by atoms with Crippen LogP contribution in [-0.4, -0.2) is 55.2 Å². The molecule has 8 nitrogen and oxygen atoms in total. The van der Waals surface area contributed by atoms with Crippen LogP contribution in [0.15, 0.2) is 0 Å². The number of ether oxygens (including phenoxy) is 4. The Bertz CT molecular complexity index is 431. The van der Waals surface area contributed by atoms with Crippen molar-refractivity contribution in [2.24, 2.45) is 0 Å². The summed E-state index contributed by atoms with van der Waals surface area (Å²) in [4.78, 5) is 45.8. The van der Waals surface area contributed by atoms with E-state index in [2.05, 4.69) is 0 Å². The molecule has 0 aromatic rings. The van der Waals surface area contributed by atoms with Crippen LogP contribution >= 0.6 is 0 Å². The SMILES string of the molecule is CO[C@H](C)C(=O)O[C@@H](C)C(=O)OC(C)C(=O)OC(C)C(C)=O. The molecule has 0 heterocycles. The maximum atomic E-state index is 11.7. The van der Waals surface area contributed by atoms with Crippen LogP contribution in [0.3, 0.4) is 0 Å². The van der Waals surface area contributed by atoms with Crippen LogP contribution < -0.4 is 0 Å². The molecule has 0 saturated heterocycles. The number of hydrogen-bond donors (Lipinski definition) is 0. The van der Waals surface area contributed by atoms with Gasteiger partial charge in [-0.1, -0.05) is 0 Å². The molecule has 8 heteroatoms. The molecule has 0 fully saturated rings. The Balaban J connectivity index is 4.42. The topological polar surface area (TPSA) is 105 Å². The summed E-state index contributed by atoms with van der Waals surface area (Å²) < 4.78 is 19.2. The van der Waals surface area contributed by atoms with Gasteiger partial charge in [0.2, 0.25) is 0 Å². The fourth-order valence-electron chi connectivity index (χ4n) is 1.09. The zero-order valence-electron chi connectivity index (χ0n) is 13.6. The van der Waals surface area contributed by atoms with Crippen LogP contribution in [0.2, 0.25) is 0 Å². The van der Waals surface area contributed by atoms with E-state index in [0.717, 1.165) is 0 Å². The normalized spacial score (nSPS) is 15.9. The standard InChI is InChI=1S/C14H22O8/c1-7(15)8(2)20-13(17)10(4)22-14(18)11(5)21-12(16)9(3)19-6/h8-11H,1-6H3/t8?,9-,10?,11+/m1/s1. The smallest absolute Gasteiger partial charge is 0.347 e. The molecule has 0 aliphatic heterocycles. The molecule has 22 heavy (non-hydrogen) atoms. The Hall–Kier alpha value is -1.96. The van der Waals surface area contributed by atoms with Crippen molar-refractivity contribution < 1.29 is 38.1 Å². The lowest BCUT2D eigenvalue weighted by Gasteiger charge is -2.18. The molecule has 126 valence electrons. The second-order valence-electron chi connectivity index (χ2n) is 4.73. The highest BCUT2D eigenvalue weighted by molar-refractivity contribution is 5.86. The average molecular weight is 318 g/mol. The predicted octanol–water partition coefficient (Wildman–Crippen LogP) is 0.405. The third-order valence-electron chi connectivity index (χ3n) is 2.80. The molecule has 0 N–H and O–H groups in total. The van der Waals surface area contributed by atoms with Gasteiger partial charge in [-0.05, 0) is 34.6 Å². The summed E-state index contributed by atoms with van der Waals surface area (Å²) in [7, 11) is 1.32. The molecule has 4 atom stereocenters. The van der Waals surface area contributed by atoms with Gasteiger partial charge in [-0.2, -0.15) is 0 Å². The van der Waals surface area contributed by atoms with Crippen LogP contribution in [0.5, 0.6) is 0 Å². The number of carbonyl (C=O) groups excluding carboxylic acids is 4. The van der Waals surface area contributed by atoms with Crippen LogP contribution in [-0.2, 0) is 38.1 Å². The Kier molecular flexibility index (Phi) is 8.32. The van der Waals surface area contributed by atoms with E-state index in [1.54, 1.807) is 0 Å². The third kappa shape index (κ3) is 6.66. The fourth-order valence-corrected chi connectivity index (χ4v) is 1.09. The van der Waals surface area contributed by atoms with E-state index in [-0.39, 0.29) is 5.78 Å². The van der Waals surface area contributed by atoms with Gasteiger partial charge in [0, 0.05) is 7.11 Å². The van der Waals surface area contributed by atoms with E-state index in [9.17, 15) is 19.2 Å². The van der Waals surface area contributed by atoms with Crippen molar-refractivity contribution in [3.05, 3.63) is 0 Å². The summed E-state index contributed by atoms with van der Waals surface area (Å²) in [6.07, 6.45) is -4.18. The first-order chi connectivity index (χ1) is 10.1. The molecule has 0 spiro atoms. The van der Waals surface area contributed by atoms with Crippen molar-refractivity contribution in [2.75, 3.05) is 7.11 Å². The van der Waals surface area contributed by atoms with E-state index in [4.69, 9.17) is 18.9 Å². The molecule has 0 aromatic heterocycles. The molecule has 0 aromatic carbocycles. The first kappa shape index (κ1) is 20.0. The minimum Gasteiger partial charge on any atom is -0.452 e. The molecule has 0 amide bonds. The van der Waals surface area contributed by atoms with E-state index in [1.165, 1.54) is 41.7 Å². The van der Waals surface area contributed by atoms with E-state index >= 15 is 0 Å². The van der Waals surface area contributed by atoms with Crippen molar-refractivity contribution in [3.8, 4) is 0 Å². The van der Waals surface area contributed by atoms with Gasteiger partial charge in [0.1, 0.15) is 0 Å². The van der Waals surface area contributed by atoms with E-state index < -0.39 is 42.3 Å². The number of Topliss-reactive ketones (excluding diaryl/α,β-unsaturated/α-hetero) is 1. The van der Waals surface area contributed by atoms with Crippen molar-refractivity contribution in [1.29, 1.82) is 0 Å². The summed E-state index contributed by atoms with van der Waals surface area (Å²) in [5, 5.41) is 0. The second-order valence-corrected chi connectivity index (χ2v) is 4.73. The largest absolute Gasteiger partial charge is 0.452 e. The highest BCUT2D eigenvalue weighted by Gasteiger charge is 2.28. The van der Waals surface area contributed by atoms with Gasteiger partial charge >= 0.3 is 17.9 Å². The minimum atomic E-state index is -1.23. The second kappa shape index (κ2) is 9.14. The predicted molar refractivity (Wildman–Crippen MR) is 73.8 cm³/mol. The minimum absolute atomic E-state index is 0.331. The first-order valence-electron chi connectivity index (χ1n) is 6.74. The van der Waals surface area contributed by atoms with Gasteiger partial charge in [0.15, 0.2) is 30.2 Å². The third-order valence-corrected chi connectivity index (χ3v) is 2.80. The molecular formula is C14H22O8. The highest BCUT2D eigenvalue weighted by Crippen LogP contribution is 2.05. The lowest BCUT2D eigenvalue weighted by Crippen LogP contribution is -2.36. The first-order valence-corrected chi connectivity index (χ1v) is 6.74. The Morgan fingerprint density at radius 2 is 0.955 bits per heavy atom. The number of esters is 3. The monoisotopic (exact) mass is 318 g/mol. The summed E-state index contributed by atoms with van der Waals surface area (Å²) in [6, 6.07) is 0. The van der Waals surface area contributed by atoms with Gasteiger partial charge in [0.05, 0.1) is 0 Å². The maximum Gasteiger partial charge on any atom is 0.347 e. The zero-order chi connectivity index (χ0) is 17.4. The van der Waals surface area contributed by atoms with E-state index in [1.807, 2.05) is 0 Å². The molecule has 0 bridgehead atoms. The van der Waals surface area contributed by atoms with Gasteiger partial charge in [-0.15, -0.1) is 0 Å². The summed E-state index contributed by atoms with van der Waals surface area (Å²) >= 11 is 0. The molecule has 0 radical (unpaired) electrons. The van der Waals surface area contributed by atoms with Crippen molar-refractivity contribution in [1.82, 2.24) is 0 Å². The van der Waals surface area contributed by atoms with Gasteiger partial charge in [-0.25, -0.2) is 14.4 Å². The number of carbonyl (C=O) groups is 4. The Morgan fingerprint density at radius 3 is 1.27 bits per heavy atom. The quantitative estimate of drug-likeness (QED) is 0.468. The molecule has 2 unspecified atom stereocenters. The summed E-state index contributed by atoms with van der Waals surface area (Å²) in [5.74, 6) is -2.83. The Labute approximate surface area is 129 Å². The summed E-state index contributed by atoms with van der Waals surface area (Å²) in [6.45, 7) is 6.74. The lowest BCUT2D eigenvalue weighted by molar-refractivity contribution is -0.181. The Morgan fingerprint density at radius 1 is 0.636 bits per heavy atom. The molecule has 0 aliphatic carbocycles. The van der Waals surface area contributed by atoms with Crippen molar-refractivity contribution in [2.45, 2.75) is 59.0 Å². The fraction of sp³-hybridized carbons (Fsp3) is 0.714. The zero-order valence-corrected chi connectivity index (χ0v) is 13.6. The van der Waals surface area contributed by atoms with Gasteiger partial charge in [-0.3, -0.25) is 4.79 Å². The molecule has 0 saturated carbocycles. The molecular weight excluding hydrogens is 296 g/mol. The maximum absolute atomic E-state index is 11.7. The lowest BCUT2D eigenvalue weighted by atomic mass is 10.3. The van der Waals surface area contributed by atoms with Gasteiger partial charge < -0.3 is 18.9 Å². The van der Waals surface area contributed by atoms with Crippen LogP contribution in [0.4, 0.5) is 0 Å². The van der Waals surface area contributed by atoms with Gasteiger partial charge in [0.25, 0.3) is 0 Å². The van der Waals surface area contributed by atoms with Crippen LogP contribution in [0.1, 0.15) is 34.6 Å².